The molecular formula is C26H28N6O2. The van der Waals surface area contributed by atoms with E-state index in [1.807, 2.05) is 44.2 Å². The van der Waals surface area contributed by atoms with Gasteiger partial charge in [-0.15, -0.1) is 0 Å². The molecule has 0 saturated heterocycles. The number of H-pyrrole nitrogens is 1. The van der Waals surface area contributed by atoms with Gasteiger partial charge in [-0.25, -0.2) is 14.8 Å². The van der Waals surface area contributed by atoms with E-state index in [9.17, 15) is 9.59 Å². The summed E-state index contributed by atoms with van der Waals surface area (Å²) < 4.78 is 0. The van der Waals surface area contributed by atoms with Gasteiger partial charge in [0.1, 0.15) is 17.8 Å². The molecule has 0 atom stereocenters. The van der Waals surface area contributed by atoms with Gasteiger partial charge >= 0.3 is 6.03 Å². The van der Waals surface area contributed by atoms with Crippen molar-refractivity contribution in [2.75, 3.05) is 22.6 Å². The maximum atomic E-state index is 13.0. The van der Waals surface area contributed by atoms with Crippen LogP contribution in [0.4, 0.5) is 22.0 Å². The Balaban J connectivity index is 1.51. The van der Waals surface area contributed by atoms with Gasteiger partial charge in [0.15, 0.2) is 0 Å². The highest BCUT2D eigenvalue weighted by Gasteiger charge is 2.18. The minimum atomic E-state index is -0.373. The molecule has 0 saturated carbocycles. The average molecular weight is 457 g/mol. The van der Waals surface area contributed by atoms with Crippen molar-refractivity contribution >= 4 is 40.2 Å². The summed E-state index contributed by atoms with van der Waals surface area (Å²) in [6.07, 6.45) is 3.16. The molecule has 0 bridgehead atoms. The number of urea groups is 1. The summed E-state index contributed by atoms with van der Waals surface area (Å²) in [6.45, 7) is 8.21. The monoisotopic (exact) mass is 456 g/mol. The Morgan fingerprint density at radius 3 is 2.50 bits per heavy atom. The summed E-state index contributed by atoms with van der Waals surface area (Å²) in [6, 6.07) is 12.6. The Morgan fingerprint density at radius 1 is 0.971 bits per heavy atom. The van der Waals surface area contributed by atoms with Crippen molar-refractivity contribution in [1.29, 1.82) is 0 Å². The number of hydrogen-bond donors (Lipinski definition) is 3. The molecule has 3 amide bonds. The first-order valence-corrected chi connectivity index (χ1v) is 11.1. The molecule has 3 N–H and O–H groups in total. The van der Waals surface area contributed by atoms with Gasteiger partial charge in [-0.1, -0.05) is 26.0 Å². The molecule has 8 heteroatoms. The lowest BCUT2D eigenvalue weighted by molar-refractivity contribution is 0.102. The highest BCUT2D eigenvalue weighted by atomic mass is 16.2. The smallest absolute Gasteiger partial charge is 0.327 e. The number of fused-ring (bicyclic) bond motifs is 1. The van der Waals surface area contributed by atoms with Crippen LogP contribution >= 0.6 is 0 Å². The van der Waals surface area contributed by atoms with E-state index in [0.29, 0.717) is 28.6 Å². The molecule has 4 rings (SSSR count). The molecule has 2 aromatic heterocycles. The number of aromatic amines is 1. The van der Waals surface area contributed by atoms with Crippen LogP contribution in [0.2, 0.25) is 0 Å². The number of nitrogens with one attached hydrogen (secondary N) is 3. The minimum absolute atomic E-state index is 0.245. The van der Waals surface area contributed by atoms with E-state index < -0.39 is 0 Å². The summed E-state index contributed by atoms with van der Waals surface area (Å²) in [4.78, 5) is 38.7. The second-order valence-corrected chi connectivity index (χ2v) is 8.64. The first kappa shape index (κ1) is 23.0. The number of carbonyl (C=O) groups is 2. The van der Waals surface area contributed by atoms with Crippen LogP contribution in [0.25, 0.3) is 11.0 Å². The normalized spacial score (nSPS) is 11.0. The van der Waals surface area contributed by atoms with E-state index in [1.165, 1.54) is 16.8 Å². The van der Waals surface area contributed by atoms with E-state index in [4.69, 9.17) is 0 Å². The van der Waals surface area contributed by atoms with Crippen molar-refractivity contribution in [3.05, 3.63) is 77.2 Å². The molecule has 174 valence electrons. The van der Waals surface area contributed by atoms with Crippen LogP contribution in [0.1, 0.15) is 46.8 Å². The Hall–Kier alpha value is -4.20. The third kappa shape index (κ3) is 4.61. The molecule has 0 spiro atoms. The van der Waals surface area contributed by atoms with Gasteiger partial charge in [0, 0.05) is 30.2 Å². The Bertz CT molecular complexity index is 1370. The van der Waals surface area contributed by atoms with Crippen LogP contribution < -0.4 is 15.5 Å². The molecule has 8 nitrogen and oxygen atoms in total. The molecule has 0 radical (unpaired) electrons. The molecule has 0 aliphatic carbocycles. The quantitative estimate of drug-likeness (QED) is 0.363. The second kappa shape index (κ2) is 9.35. The fourth-order valence-electron chi connectivity index (χ4n) is 3.92. The predicted molar refractivity (Wildman–Crippen MR) is 136 cm³/mol. The maximum absolute atomic E-state index is 13.0. The van der Waals surface area contributed by atoms with E-state index in [-0.39, 0.29) is 11.9 Å². The largest absolute Gasteiger partial charge is 0.346 e. The molecule has 2 heterocycles. The molecule has 2 aromatic carbocycles. The lowest BCUT2D eigenvalue weighted by Crippen LogP contribution is -2.32. The second-order valence-electron chi connectivity index (χ2n) is 8.64. The van der Waals surface area contributed by atoms with Gasteiger partial charge in [0.25, 0.3) is 5.91 Å². The zero-order valence-electron chi connectivity index (χ0n) is 19.9. The molecule has 0 aliphatic heterocycles. The predicted octanol–water partition coefficient (Wildman–Crippen LogP) is 5.62. The minimum Gasteiger partial charge on any atom is -0.346 e. The lowest BCUT2D eigenvalue weighted by atomic mass is 9.97. The first-order chi connectivity index (χ1) is 16.2. The number of aryl methyl sites for hydroxylation is 2. The van der Waals surface area contributed by atoms with E-state index in [2.05, 4.69) is 39.4 Å². The zero-order chi connectivity index (χ0) is 24.4. The number of amides is 3. The van der Waals surface area contributed by atoms with Crippen LogP contribution in [0, 0.1) is 13.8 Å². The fraction of sp³-hybridized carbons (Fsp3) is 0.231. The Labute approximate surface area is 198 Å². The number of nitrogens with zero attached hydrogens (tertiary/aromatic N) is 3. The topological polar surface area (TPSA) is 103 Å². The van der Waals surface area contributed by atoms with Crippen molar-refractivity contribution in [3.8, 4) is 0 Å². The SMILES string of the molecule is Cc1ccc(C(=O)Nc2ccc(C(C)C)c(C)c2)cc1NC(=O)N(C)c1ncnc2[nH]ccc12. The van der Waals surface area contributed by atoms with Crippen LogP contribution in [-0.4, -0.2) is 33.9 Å². The van der Waals surface area contributed by atoms with E-state index >= 15 is 0 Å². The summed E-state index contributed by atoms with van der Waals surface area (Å²) in [5, 5.41) is 6.58. The molecule has 0 unspecified atom stereocenters. The van der Waals surface area contributed by atoms with Gasteiger partial charge in [-0.05, 0) is 66.8 Å². The number of rotatable bonds is 5. The standard InChI is InChI=1S/C26H28N6O2/c1-15(2)20-9-8-19(12-17(20)4)30-25(33)18-7-6-16(3)22(13-18)31-26(34)32(5)24-21-10-11-27-23(21)28-14-29-24/h6-15H,1-5H3,(H,30,33)(H,31,34)(H,27,28,29). The summed E-state index contributed by atoms with van der Waals surface area (Å²) >= 11 is 0. The fourth-order valence-corrected chi connectivity index (χ4v) is 3.92. The summed E-state index contributed by atoms with van der Waals surface area (Å²) in [5.74, 6) is 0.655. The summed E-state index contributed by atoms with van der Waals surface area (Å²) in [7, 11) is 1.64. The highest BCUT2D eigenvalue weighted by Crippen LogP contribution is 2.25. The molecule has 0 fully saturated rings. The van der Waals surface area contributed by atoms with Crippen molar-refractivity contribution < 1.29 is 9.59 Å². The van der Waals surface area contributed by atoms with E-state index in [0.717, 1.165) is 22.2 Å². The Morgan fingerprint density at radius 2 is 1.76 bits per heavy atom. The molecular weight excluding hydrogens is 428 g/mol. The Kier molecular flexibility index (Phi) is 6.32. The number of benzene rings is 2. The number of aromatic nitrogens is 3. The van der Waals surface area contributed by atoms with Gasteiger partial charge < -0.3 is 15.6 Å². The van der Waals surface area contributed by atoms with Gasteiger partial charge in [-0.3, -0.25) is 9.69 Å². The van der Waals surface area contributed by atoms with Crippen LogP contribution in [0.5, 0.6) is 0 Å². The van der Waals surface area contributed by atoms with Crippen molar-refractivity contribution in [2.24, 2.45) is 0 Å². The average Bonchev–Trinajstić information content (AvgIpc) is 3.28. The van der Waals surface area contributed by atoms with Crippen LogP contribution in [0.3, 0.4) is 0 Å². The lowest BCUT2D eigenvalue weighted by Gasteiger charge is -2.19. The maximum Gasteiger partial charge on any atom is 0.327 e. The number of carbonyl (C=O) groups excluding carboxylic acids is 2. The number of anilines is 3. The third-order valence-corrected chi connectivity index (χ3v) is 5.85. The van der Waals surface area contributed by atoms with Gasteiger partial charge in [-0.2, -0.15) is 0 Å². The van der Waals surface area contributed by atoms with E-state index in [1.54, 1.807) is 25.4 Å². The van der Waals surface area contributed by atoms with Crippen molar-refractivity contribution in [2.45, 2.75) is 33.6 Å². The van der Waals surface area contributed by atoms with Crippen LogP contribution in [-0.2, 0) is 0 Å². The molecule has 34 heavy (non-hydrogen) atoms. The van der Waals surface area contributed by atoms with Crippen molar-refractivity contribution in [3.63, 3.8) is 0 Å². The van der Waals surface area contributed by atoms with Gasteiger partial charge in [0.05, 0.1) is 5.39 Å². The number of hydrogen-bond acceptors (Lipinski definition) is 4. The first-order valence-electron chi connectivity index (χ1n) is 11.1. The molecule has 0 aliphatic rings. The van der Waals surface area contributed by atoms with Gasteiger partial charge in [0.2, 0.25) is 0 Å². The molecule has 4 aromatic rings. The zero-order valence-corrected chi connectivity index (χ0v) is 19.9. The van der Waals surface area contributed by atoms with Crippen LogP contribution in [0.15, 0.2) is 55.0 Å². The van der Waals surface area contributed by atoms with Crippen molar-refractivity contribution in [1.82, 2.24) is 15.0 Å². The third-order valence-electron chi connectivity index (χ3n) is 5.85. The highest BCUT2D eigenvalue weighted by molar-refractivity contribution is 6.08. The summed E-state index contributed by atoms with van der Waals surface area (Å²) in [5.41, 5.74) is 5.61.